The molecule has 1 saturated heterocycles. The molecule has 3 aliphatic heterocycles. The monoisotopic (exact) mass is 571 g/mol. The number of fused-ring (bicyclic) bond motifs is 5. The first-order chi connectivity index (χ1) is 14.1. The van der Waals surface area contributed by atoms with E-state index in [4.69, 9.17) is 0 Å². The van der Waals surface area contributed by atoms with Gasteiger partial charge in [0.15, 0.2) is 0 Å². The van der Waals surface area contributed by atoms with E-state index in [0.717, 1.165) is 30.0 Å². The fraction of sp³-hybridized carbons (Fsp3) is 0.409. The van der Waals surface area contributed by atoms with Gasteiger partial charge in [-0.05, 0) is 0 Å². The topological polar surface area (TPSA) is 34.6 Å². The molecule has 1 unspecified atom stereocenters. The van der Waals surface area contributed by atoms with Crippen molar-refractivity contribution < 1.29 is 20.9 Å². The first kappa shape index (κ1) is 19.2. The van der Waals surface area contributed by atoms with Crippen molar-refractivity contribution in [2.24, 2.45) is 0 Å². The Morgan fingerprint density at radius 2 is 2.10 bits per heavy atom. The van der Waals surface area contributed by atoms with Crippen LogP contribution in [0.15, 0.2) is 36.7 Å². The van der Waals surface area contributed by atoms with Gasteiger partial charge in [0.1, 0.15) is 0 Å². The quantitative estimate of drug-likeness (QED) is 0.615. The second-order valence-corrected chi connectivity index (χ2v) is 11.0. The molecule has 0 aliphatic carbocycles. The zero-order chi connectivity index (χ0) is 20.1. The molecule has 7 heteroatoms. The van der Waals surface area contributed by atoms with E-state index < -0.39 is 16.5 Å². The summed E-state index contributed by atoms with van der Waals surface area (Å²) in [5.74, 6) is -0.171. The molecule has 0 saturated carbocycles. The van der Waals surface area contributed by atoms with E-state index in [2.05, 4.69) is 52.0 Å². The summed E-state index contributed by atoms with van der Waals surface area (Å²) in [5, 5.41) is 3.58. The van der Waals surface area contributed by atoms with Crippen LogP contribution >= 0.6 is 0 Å². The zero-order valence-electron chi connectivity index (χ0n) is 17.0. The maximum atomic E-state index is 14.3. The van der Waals surface area contributed by atoms with Gasteiger partial charge in [-0.3, -0.25) is 0 Å². The summed E-state index contributed by atoms with van der Waals surface area (Å²) in [7, 11) is 2.15. The van der Waals surface area contributed by atoms with E-state index in [1.54, 1.807) is 12.1 Å². The summed E-state index contributed by atoms with van der Waals surface area (Å²) in [5.41, 5.74) is 4.47. The SMILES string of the molecule is CC(C)N(C)[C]1=[Os]=[C]2N(c3ccc(F)cc31)c1cnccc1N2C1CCCNC1. The molecule has 1 atom stereocenters. The van der Waals surface area contributed by atoms with E-state index in [1.807, 2.05) is 18.5 Å². The molecule has 0 bridgehead atoms. The number of hydrogen-bond donors (Lipinski definition) is 1. The van der Waals surface area contributed by atoms with Crippen LogP contribution in [0.4, 0.5) is 21.5 Å². The van der Waals surface area contributed by atoms with Gasteiger partial charge in [0.2, 0.25) is 0 Å². The average molecular weight is 570 g/mol. The van der Waals surface area contributed by atoms with Crippen molar-refractivity contribution >= 4 is 25.6 Å². The van der Waals surface area contributed by atoms with Crippen LogP contribution in [-0.2, 0) is 16.5 Å². The predicted octanol–water partition coefficient (Wildman–Crippen LogP) is 2.93. The molecule has 29 heavy (non-hydrogen) atoms. The summed E-state index contributed by atoms with van der Waals surface area (Å²) in [6.45, 7) is 6.50. The van der Waals surface area contributed by atoms with Crippen molar-refractivity contribution in [1.82, 2.24) is 15.2 Å². The summed E-state index contributed by atoms with van der Waals surface area (Å²) in [6.07, 6.45) is 6.23. The summed E-state index contributed by atoms with van der Waals surface area (Å²) >= 11 is -0.831. The standard InChI is InChI=1S/C22H26FN5.Os/c1-16(2)26(3)14-17-11-18(23)6-7-20(17)28-15-27(19-5-4-9-24-12-19)21-8-10-25-13-22(21)28;/h6-8,10-11,13,16,19,24H,4-5,9,12H2,1-3H3;. The Bertz CT molecular complexity index is 1020. The molecule has 2 aromatic rings. The Morgan fingerprint density at radius 3 is 2.86 bits per heavy atom. The molecule has 0 amide bonds. The molecular weight excluding hydrogens is 544 g/mol. The Morgan fingerprint density at radius 1 is 1.24 bits per heavy atom. The van der Waals surface area contributed by atoms with Crippen LogP contribution in [0.5, 0.6) is 0 Å². The number of halogens is 1. The third kappa shape index (κ3) is 3.11. The summed E-state index contributed by atoms with van der Waals surface area (Å²) in [6, 6.07) is 8.19. The minimum absolute atomic E-state index is 0.171. The normalized spacial score (nSPS) is 21.0. The Hall–Kier alpha value is -1.80. The Balaban J connectivity index is 1.77. The van der Waals surface area contributed by atoms with E-state index in [1.165, 1.54) is 27.0 Å². The molecule has 154 valence electrons. The van der Waals surface area contributed by atoms with Crippen molar-refractivity contribution in [2.45, 2.75) is 38.8 Å². The second kappa shape index (κ2) is 7.47. The van der Waals surface area contributed by atoms with Crippen LogP contribution in [0.25, 0.3) is 0 Å². The first-order valence-corrected chi connectivity index (χ1v) is 12.7. The van der Waals surface area contributed by atoms with E-state index in [9.17, 15) is 4.39 Å². The Kier molecular flexibility index (Phi) is 4.94. The van der Waals surface area contributed by atoms with Crippen LogP contribution in [0.1, 0.15) is 32.3 Å². The van der Waals surface area contributed by atoms with Gasteiger partial charge in [0, 0.05) is 0 Å². The van der Waals surface area contributed by atoms with Gasteiger partial charge >= 0.3 is 178 Å². The maximum absolute atomic E-state index is 14.3. The molecule has 0 spiro atoms. The second-order valence-electron chi connectivity index (χ2n) is 8.06. The van der Waals surface area contributed by atoms with Crippen LogP contribution in [0, 0.1) is 5.82 Å². The van der Waals surface area contributed by atoms with Crippen molar-refractivity contribution in [2.75, 3.05) is 29.9 Å². The number of aromatic nitrogens is 1. The number of rotatable bonds is 3. The molecule has 1 fully saturated rings. The van der Waals surface area contributed by atoms with Gasteiger partial charge < -0.3 is 0 Å². The van der Waals surface area contributed by atoms with Crippen LogP contribution < -0.4 is 15.1 Å². The van der Waals surface area contributed by atoms with Crippen molar-refractivity contribution in [3.05, 3.63) is 48.0 Å². The van der Waals surface area contributed by atoms with Gasteiger partial charge in [-0.15, -0.1) is 0 Å². The third-order valence-electron chi connectivity index (χ3n) is 5.94. The van der Waals surface area contributed by atoms with E-state index >= 15 is 0 Å². The number of hydrogen-bond acceptors (Lipinski definition) is 5. The van der Waals surface area contributed by atoms with Crippen molar-refractivity contribution in [1.29, 1.82) is 0 Å². The average Bonchev–Trinajstić information content (AvgIpc) is 3.07. The van der Waals surface area contributed by atoms with Gasteiger partial charge in [-0.25, -0.2) is 0 Å². The number of pyridine rings is 1. The van der Waals surface area contributed by atoms with Gasteiger partial charge in [-0.2, -0.15) is 0 Å². The minimum atomic E-state index is -0.831. The van der Waals surface area contributed by atoms with Gasteiger partial charge in [0.25, 0.3) is 0 Å². The molecule has 5 nitrogen and oxygen atoms in total. The molecule has 1 aromatic carbocycles. The van der Waals surface area contributed by atoms with Crippen LogP contribution in [-0.4, -0.2) is 50.6 Å². The predicted molar refractivity (Wildman–Crippen MR) is 113 cm³/mol. The van der Waals surface area contributed by atoms with Crippen molar-refractivity contribution in [3.63, 3.8) is 0 Å². The van der Waals surface area contributed by atoms with E-state index in [-0.39, 0.29) is 5.82 Å². The molecule has 0 radical (unpaired) electrons. The third-order valence-corrected chi connectivity index (χ3v) is 9.87. The molecule has 5 rings (SSSR count). The zero-order valence-corrected chi connectivity index (χ0v) is 19.5. The molecule has 3 aliphatic rings. The molecule has 1 aromatic heterocycles. The van der Waals surface area contributed by atoms with E-state index in [0.29, 0.717) is 12.1 Å². The summed E-state index contributed by atoms with van der Waals surface area (Å²) in [4.78, 5) is 11.7. The fourth-order valence-electron chi connectivity index (χ4n) is 4.22. The number of nitrogens with one attached hydrogen (secondary N) is 1. The van der Waals surface area contributed by atoms with Gasteiger partial charge in [-0.1, -0.05) is 0 Å². The van der Waals surface area contributed by atoms with Crippen molar-refractivity contribution in [3.8, 4) is 0 Å². The van der Waals surface area contributed by atoms with Gasteiger partial charge in [0.05, 0.1) is 0 Å². The Labute approximate surface area is 178 Å². The first-order valence-electron chi connectivity index (χ1n) is 10.2. The number of anilines is 3. The van der Waals surface area contributed by atoms with Crippen LogP contribution in [0.2, 0.25) is 0 Å². The summed E-state index contributed by atoms with van der Waals surface area (Å²) < 4.78 is 17.0. The van der Waals surface area contributed by atoms with Crippen LogP contribution in [0.3, 0.4) is 0 Å². The number of benzene rings is 1. The molecular formula is C22H26FN5Os. The number of nitrogens with zero attached hydrogens (tertiary/aromatic N) is 4. The molecule has 1 N–H and O–H groups in total. The fourth-order valence-corrected chi connectivity index (χ4v) is 8.68. The molecule has 4 heterocycles. The number of piperidine rings is 1.